The third kappa shape index (κ3) is 19.1. The SMILES string of the molecule is CC(=O)NCC#Cc1cn(C(C)C)c(=O)[nH]c1=O.CC(=O)NCC#Cc1cn(C(C)C)c(=O)nc1NC(=O)c1ccccc1.CC(C)n1cc(I)c2c(N=CN(C)C)ncnc21.Cc1cn(C(C)C)c2nc(N=CN(C)C)[nH]c(=O)c12. The average molecular weight is 1220 g/mol. The average Bonchev–Trinajstić information content (AvgIpc) is 4.19. The molecule has 0 fully saturated rings. The zero-order valence-corrected chi connectivity index (χ0v) is 50.4. The Hall–Kier alpha value is -8.98. The zero-order valence-electron chi connectivity index (χ0n) is 48.3. The molecule has 7 aromatic rings. The summed E-state index contributed by atoms with van der Waals surface area (Å²) in [4.78, 5) is 115. The fourth-order valence-corrected chi connectivity index (χ4v) is 7.79. The number of halogens is 1. The van der Waals surface area contributed by atoms with Gasteiger partial charge in [0.05, 0.1) is 42.1 Å². The lowest BCUT2D eigenvalue weighted by atomic mass is 10.2. The molecule has 24 nitrogen and oxygen atoms in total. The number of aromatic nitrogens is 10. The van der Waals surface area contributed by atoms with Crippen molar-refractivity contribution in [1.29, 1.82) is 0 Å². The number of fused-ring (bicyclic) bond motifs is 2. The summed E-state index contributed by atoms with van der Waals surface area (Å²) < 4.78 is 8.09. The Labute approximate surface area is 482 Å². The van der Waals surface area contributed by atoms with Crippen LogP contribution in [0.25, 0.3) is 22.1 Å². The van der Waals surface area contributed by atoms with Gasteiger partial charge in [-0.15, -0.1) is 0 Å². The molecule has 0 bridgehead atoms. The highest BCUT2D eigenvalue weighted by molar-refractivity contribution is 14.1. The normalized spacial score (nSPS) is 10.8. The number of aryl methyl sites for hydroxylation is 1. The van der Waals surface area contributed by atoms with Gasteiger partial charge in [0, 0.05) is 100 Å². The topological polar surface area (TPSA) is 290 Å². The van der Waals surface area contributed by atoms with E-state index in [1.54, 1.807) is 60.4 Å². The number of hydrogen-bond donors (Lipinski definition) is 5. The Morgan fingerprint density at radius 2 is 1.21 bits per heavy atom. The van der Waals surface area contributed by atoms with E-state index in [0.717, 1.165) is 26.0 Å². The highest BCUT2D eigenvalue weighted by Crippen LogP contribution is 2.30. The summed E-state index contributed by atoms with van der Waals surface area (Å²) in [6.45, 7) is 20.8. The summed E-state index contributed by atoms with van der Waals surface area (Å²) in [5.74, 6) is 11.3. The van der Waals surface area contributed by atoms with E-state index in [4.69, 9.17) is 0 Å². The number of carbonyl (C=O) groups excluding carboxylic acids is 3. The van der Waals surface area contributed by atoms with Crippen LogP contribution in [0.5, 0.6) is 0 Å². The molecular formula is C56H70IN17O7. The lowest BCUT2D eigenvalue weighted by Crippen LogP contribution is -2.32. The molecule has 81 heavy (non-hydrogen) atoms. The minimum absolute atomic E-state index is 0.0646. The second-order valence-electron chi connectivity index (χ2n) is 19.5. The van der Waals surface area contributed by atoms with Gasteiger partial charge in [0.2, 0.25) is 17.8 Å². The van der Waals surface area contributed by atoms with Crippen LogP contribution in [0.15, 0.2) is 90.6 Å². The second kappa shape index (κ2) is 30.4. The van der Waals surface area contributed by atoms with Crippen molar-refractivity contribution in [1.82, 2.24) is 68.6 Å². The third-order valence-corrected chi connectivity index (χ3v) is 11.8. The molecule has 0 atom stereocenters. The van der Waals surface area contributed by atoms with Crippen LogP contribution < -0.4 is 38.4 Å². The number of amides is 3. The number of aliphatic imine (C=N–C) groups is 2. The summed E-state index contributed by atoms with van der Waals surface area (Å²) in [5.41, 5.74) is 2.00. The number of aromatic amines is 2. The fraction of sp³-hybridized carbons (Fsp3) is 0.375. The van der Waals surface area contributed by atoms with Crippen LogP contribution in [0.3, 0.4) is 0 Å². The van der Waals surface area contributed by atoms with Crippen molar-refractivity contribution in [2.45, 2.75) is 100 Å². The number of nitrogens with one attached hydrogen (secondary N) is 5. The molecule has 0 aliphatic carbocycles. The molecule has 0 saturated heterocycles. The van der Waals surface area contributed by atoms with Gasteiger partial charge in [0.25, 0.3) is 17.0 Å². The molecule has 0 aliphatic heterocycles. The monoisotopic (exact) mass is 1220 g/mol. The maximum absolute atomic E-state index is 12.4. The Morgan fingerprint density at radius 1 is 0.667 bits per heavy atom. The molecule has 1 aromatic carbocycles. The lowest BCUT2D eigenvalue weighted by Gasteiger charge is -2.12. The fourth-order valence-electron chi connectivity index (χ4n) is 7.01. The van der Waals surface area contributed by atoms with E-state index in [2.05, 4.69) is 141 Å². The number of benzene rings is 1. The van der Waals surface area contributed by atoms with Crippen molar-refractivity contribution >= 4 is 92.6 Å². The molecule has 0 aliphatic rings. The Balaban J connectivity index is 0.000000235. The summed E-state index contributed by atoms with van der Waals surface area (Å²) in [6, 6.07) is 9.06. The molecule has 0 spiro atoms. The van der Waals surface area contributed by atoms with Gasteiger partial charge in [-0.3, -0.25) is 43.1 Å². The van der Waals surface area contributed by atoms with Crippen LogP contribution in [0.1, 0.15) is 120 Å². The Bertz CT molecular complexity index is 3780. The van der Waals surface area contributed by atoms with E-state index in [-0.39, 0.29) is 65.9 Å². The Morgan fingerprint density at radius 3 is 1.77 bits per heavy atom. The van der Waals surface area contributed by atoms with E-state index in [1.165, 1.54) is 29.2 Å². The van der Waals surface area contributed by atoms with Crippen molar-refractivity contribution in [2.75, 3.05) is 46.6 Å². The molecular weight excluding hydrogens is 1150 g/mol. The molecule has 6 heterocycles. The molecule has 0 unspecified atom stereocenters. The summed E-state index contributed by atoms with van der Waals surface area (Å²) in [5, 5.41) is 9.34. The zero-order chi connectivity index (χ0) is 60.2. The van der Waals surface area contributed by atoms with Crippen LogP contribution in [0.2, 0.25) is 0 Å². The minimum Gasteiger partial charge on any atom is -0.369 e. The highest BCUT2D eigenvalue weighted by Gasteiger charge is 2.17. The molecule has 6 aromatic heterocycles. The highest BCUT2D eigenvalue weighted by atomic mass is 127. The van der Waals surface area contributed by atoms with E-state index in [1.807, 2.05) is 78.5 Å². The lowest BCUT2D eigenvalue weighted by molar-refractivity contribution is -0.119. The van der Waals surface area contributed by atoms with Crippen LogP contribution in [-0.2, 0) is 9.59 Å². The smallest absolute Gasteiger partial charge is 0.349 e. The van der Waals surface area contributed by atoms with E-state index in [0.29, 0.717) is 34.2 Å². The first-order valence-electron chi connectivity index (χ1n) is 25.6. The molecule has 0 saturated carbocycles. The van der Waals surface area contributed by atoms with Crippen LogP contribution in [-0.4, -0.2) is 130 Å². The maximum atomic E-state index is 12.4. The van der Waals surface area contributed by atoms with Crippen molar-refractivity contribution in [2.24, 2.45) is 9.98 Å². The number of hydrogen-bond acceptors (Lipinski definition) is 13. The molecule has 0 radical (unpaired) electrons. The summed E-state index contributed by atoms with van der Waals surface area (Å²) in [7, 11) is 7.60. The summed E-state index contributed by atoms with van der Waals surface area (Å²) >= 11 is 2.31. The number of carbonyl (C=O) groups is 3. The maximum Gasteiger partial charge on any atom is 0.349 e. The predicted molar refractivity (Wildman–Crippen MR) is 326 cm³/mol. The number of rotatable bonds is 12. The van der Waals surface area contributed by atoms with E-state index >= 15 is 0 Å². The number of anilines is 1. The van der Waals surface area contributed by atoms with Crippen LogP contribution in [0.4, 0.5) is 17.6 Å². The first kappa shape index (κ1) is 64.5. The van der Waals surface area contributed by atoms with Gasteiger partial charge in [-0.1, -0.05) is 41.9 Å². The van der Waals surface area contributed by atoms with Crippen molar-refractivity contribution in [3.8, 4) is 23.7 Å². The molecule has 7 rings (SSSR count). The standard InChI is InChI=1S/C19H20N4O3.C13H19N5O.C12H16IN5.C12H15N3O3/c1-13(2)23-12-16(10-7-11-20-14(3)24)17(22-19(23)26)21-18(25)15-8-5-4-6-9-15;1-8(2)18-6-9(3)10-11(18)15-13(16-12(10)19)14-7-17(4)5;1-8(2)18-5-9(13)10-11(16-7-17(3)4)14-6-15-12(10)18;1-8(2)15-7-10(11(17)14-12(15)18)5-4-6-13-9(3)16/h4-6,8-9,12-13H,11H2,1-3H3,(H,20,24)(H,21,22,25,26);6-8H,1-5H3,(H,15,16,19);5-8H,1-4H3;7-8H,6H2,1-3H3,(H,13,16)(H,14,17,18). The quantitative estimate of drug-likeness (QED) is 0.0416. The largest absolute Gasteiger partial charge is 0.369 e. The molecule has 25 heteroatoms. The van der Waals surface area contributed by atoms with Crippen molar-refractivity contribution < 1.29 is 14.4 Å². The van der Waals surface area contributed by atoms with Gasteiger partial charge in [-0.05, 0) is 103 Å². The molecule has 428 valence electrons. The van der Waals surface area contributed by atoms with Gasteiger partial charge in [-0.25, -0.2) is 29.5 Å². The van der Waals surface area contributed by atoms with Crippen LogP contribution >= 0.6 is 22.6 Å². The van der Waals surface area contributed by atoms with E-state index < -0.39 is 16.9 Å². The summed E-state index contributed by atoms with van der Waals surface area (Å²) in [6.07, 6.45) is 12.0. The molecule has 3 amide bonds. The van der Waals surface area contributed by atoms with Gasteiger partial charge in [0.1, 0.15) is 23.2 Å². The number of nitrogens with zero attached hydrogens (tertiary/aromatic N) is 12. The minimum atomic E-state index is -0.521. The molecule has 5 N–H and O–H groups in total. The van der Waals surface area contributed by atoms with Crippen LogP contribution in [0, 0.1) is 34.2 Å². The van der Waals surface area contributed by atoms with Crippen molar-refractivity contribution in [3.05, 3.63) is 129 Å². The first-order chi connectivity index (χ1) is 38.2. The van der Waals surface area contributed by atoms with Gasteiger partial charge < -0.3 is 34.9 Å². The van der Waals surface area contributed by atoms with Gasteiger partial charge in [0.15, 0.2) is 11.6 Å². The number of H-pyrrole nitrogens is 2. The van der Waals surface area contributed by atoms with Gasteiger partial charge in [-0.2, -0.15) is 9.97 Å². The first-order valence-corrected chi connectivity index (χ1v) is 26.6. The third-order valence-electron chi connectivity index (χ3n) is 10.9. The van der Waals surface area contributed by atoms with Crippen molar-refractivity contribution in [3.63, 3.8) is 0 Å². The van der Waals surface area contributed by atoms with E-state index in [9.17, 15) is 33.6 Å². The predicted octanol–water partition coefficient (Wildman–Crippen LogP) is 5.84. The Kier molecular flexibility index (Phi) is 24.2. The van der Waals surface area contributed by atoms with Gasteiger partial charge >= 0.3 is 11.4 Å². The second-order valence-corrected chi connectivity index (χ2v) is 20.7.